The Morgan fingerprint density at radius 3 is 2.60 bits per heavy atom. The van der Waals surface area contributed by atoms with Crippen molar-refractivity contribution >= 4 is 46.5 Å². The van der Waals surface area contributed by atoms with E-state index in [1.807, 2.05) is 32.2 Å². The van der Waals surface area contributed by atoms with E-state index in [-0.39, 0.29) is 29.8 Å². The summed E-state index contributed by atoms with van der Waals surface area (Å²) >= 11 is 0. The summed E-state index contributed by atoms with van der Waals surface area (Å²) in [5.41, 5.74) is 11.2. The minimum absolute atomic E-state index is 0. The second-order valence-electron chi connectivity index (χ2n) is 6.02. The molecule has 6 heteroatoms. The highest BCUT2D eigenvalue weighted by Crippen LogP contribution is 2.19. The second-order valence-corrected chi connectivity index (χ2v) is 6.02. The molecule has 3 rings (SSSR count). The minimum Gasteiger partial charge on any atom is -0.370 e. The minimum atomic E-state index is -0.240. The van der Waals surface area contributed by atoms with Crippen LogP contribution in [0.2, 0.25) is 0 Å². The number of aliphatic imine (C=N–C) groups is 1. The third-order valence-electron chi connectivity index (χ3n) is 3.89. The average molecular weight is 452 g/mol. The van der Waals surface area contributed by atoms with Crippen LogP contribution in [0, 0.1) is 19.7 Å². The van der Waals surface area contributed by atoms with Crippen LogP contribution in [0.5, 0.6) is 0 Å². The van der Waals surface area contributed by atoms with Crippen LogP contribution in [0.25, 0.3) is 10.9 Å². The molecule has 4 nitrogen and oxygen atoms in total. The van der Waals surface area contributed by atoms with Crippen molar-refractivity contribution in [3.63, 3.8) is 0 Å². The number of halogens is 2. The quantitative estimate of drug-likeness (QED) is 0.310. The molecule has 4 N–H and O–H groups in total. The highest BCUT2D eigenvalue weighted by atomic mass is 127. The van der Waals surface area contributed by atoms with Crippen LogP contribution in [0.4, 0.5) is 10.1 Å². The van der Waals surface area contributed by atoms with Gasteiger partial charge in [0.05, 0.1) is 0 Å². The lowest BCUT2D eigenvalue weighted by Gasteiger charge is -2.08. The van der Waals surface area contributed by atoms with E-state index in [1.165, 1.54) is 23.3 Å². The Morgan fingerprint density at radius 2 is 1.88 bits per heavy atom. The Balaban J connectivity index is 0.00000225. The summed E-state index contributed by atoms with van der Waals surface area (Å²) in [7, 11) is 0. The lowest BCUT2D eigenvalue weighted by Crippen LogP contribution is -2.23. The number of nitrogens with two attached hydrogens (primary N) is 1. The van der Waals surface area contributed by atoms with Crippen LogP contribution in [-0.2, 0) is 6.42 Å². The highest BCUT2D eigenvalue weighted by Gasteiger charge is 2.04. The number of aryl methyl sites for hydroxylation is 2. The molecular weight excluding hydrogens is 430 g/mol. The van der Waals surface area contributed by atoms with E-state index in [4.69, 9.17) is 5.73 Å². The molecule has 2 aromatic carbocycles. The maximum Gasteiger partial charge on any atom is 0.193 e. The van der Waals surface area contributed by atoms with Crippen LogP contribution < -0.4 is 11.1 Å². The van der Waals surface area contributed by atoms with Gasteiger partial charge >= 0.3 is 0 Å². The average Bonchev–Trinajstić information content (AvgIpc) is 2.88. The van der Waals surface area contributed by atoms with Gasteiger partial charge in [-0.05, 0) is 67.3 Å². The van der Waals surface area contributed by atoms with Crippen molar-refractivity contribution < 1.29 is 4.39 Å². The topological polar surface area (TPSA) is 66.2 Å². The van der Waals surface area contributed by atoms with E-state index in [1.54, 1.807) is 6.07 Å². The van der Waals surface area contributed by atoms with Crippen molar-refractivity contribution in [3.8, 4) is 0 Å². The van der Waals surface area contributed by atoms with E-state index in [9.17, 15) is 4.39 Å². The first-order valence-electron chi connectivity index (χ1n) is 7.92. The molecule has 0 saturated carbocycles. The summed E-state index contributed by atoms with van der Waals surface area (Å²) in [4.78, 5) is 7.46. The highest BCUT2D eigenvalue weighted by molar-refractivity contribution is 14.0. The number of aromatic nitrogens is 1. The van der Waals surface area contributed by atoms with Crippen molar-refractivity contribution in [3.05, 3.63) is 65.1 Å². The summed E-state index contributed by atoms with van der Waals surface area (Å²) in [6.45, 7) is 4.66. The Hall–Kier alpha value is -2.09. The molecule has 0 bridgehead atoms. The standard InChI is InChI=1S/C19H21FN4.HI/c1-12-7-13(2)9-16(8-12)24-19(21)22-6-5-14-11-23-18-10-15(20)3-4-17(14)18;/h3-4,7-11,23H,5-6H2,1-2H3,(H3,21,22,24);1H. The monoisotopic (exact) mass is 452 g/mol. The normalized spacial score (nSPS) is 11.4. The zero-order valence-electron chi connectivity index (χ0n) is 14.3. The Bertz CT molecular complexity index is 881. The van der Waals surface area contributed by atoms with Crippen LogP contribution in [0.15, 0.2) is 47.6 Å². The van der Waals surface area contributed by atoms with Crippen LogP contribution in [-0.4, -0.2) is 17.5 Å². The zero-order valence-corrected chi connectivity index (χ0v) is 16.6. The van der Waals surface area contributed by atoms with E-state index >= 15 is 0 Å². The molecule has 0 aliphatic heterocycles. The number of aromatic amines is 1. The number of hydrogen-bond acceptors (Lipinski definition) is 1. The lowest BCUT2D eigenvalue weighted by atomic mass is 10.1. The fourth-order valence-electron chi connectivity index (χ4n) is 2.90. The maximum atomic E-state index is 13.2. The summed E-state index contributed by atoms with van der Waals surface area (Å²) in [5.74, 6) is 0.154. The predicted octanol–water partition coefficient (Wildman–Crippen LogP) is 4.51. The number of guanidine groups is 1. The van der Waals surface area contributed by atoms with Crippen LogP contribution in [0.1, 0.15) is 16.7 Å². The van der Waals surface area contributed by atoms with Gasteiger partial charge in [-0.3, -0.25) is 4.99 Å². The molecule has 0 amide bonds. The van der Waals surface area contributed by atoms with Gasteiger partial charge in [0, 0.05) is 29.3 Å². The summed E-state index contributed by atoms with van der Waals surface area (Å²) in [6, 6.07) is 10.9. The Kier molecular flexibility index (Phi) is 6.41. The summed E-state index contributed by atoms with van der Waals surface area (Å²) in [5, 5.41) is 4.14. The number of nitrogens with one attached hydrogen (secondary N) is 2. The molecule has 0 fully saturated rings. The number of benzene rings is 2. The smallest absolute Gasteiger partial charge is 0.193 e. The van der Waals surface area contributed by atoms with Crippen LogP contribution >= 0.6 is 24.0 Å². The van der Waals surface area contributed by atoms with Gasteiger partial charge in [0.1, 0.15) is 5.82 Å². The Labute approximate surface area is 163 Å². The summed E-state index contributed by atoms with van der Waals surface area (Å²) in [6.07, 6.45) is 2.63. The zero-order chi connectivity index (χ0) is 17.1. The van der Waals surface area contributed by atoms with Crippen molar-refractivity contribution in [2.24, 2.45) is 10.7 Å². The predicted molar refractivity (Wildman–Crippen MR) is 113 cm³/mol. The third kappa shape index (κ3) is 4.94. The van der Waals surface area contributed by atoms with Crippen molar-refractivity contribution in [2.45, 2.75) is 20.3 Å². The SMILES string of the molecule is Cc1cc(C)cc(NC(N)=NCCc2c[nH]c3cc(F)ccc23)c1.I. The van der Waals surface area contributed by atoms with Gasteiger partial charge in [-0.1, -0.05) is 6.07 Å². The molecule has 25 heavy (non-hydrogen) atoms. The first-order valence-corrected chi connectivity index (χ1v) is 7.92. The molecule has 1 aromatic heterocycles. The van der Waals surface area contributed by atoms with Gasteiger partial charge in [0.2, 0.25) is 0 Å². The molecule has 1 heterocycles. The Morgan fingerprint density at radius 1 is 1.16 bits per heavy atom. The van der Waals surface area contributed by atoms with E-state index in [0.29, 0.717) is 12.5 Å². The molecule has 0 spiro atoms. The van der Waals surface area contributed by atoms with E-state index in [0.717, 1.165) is 28.6 Å². The number of fused-ring (bicyclic) bond motifs is 1. The molecule has 0 unspecified atom stereocenters. The van der Waals surface area contributed by atoms with Gasteiger partial charge in [-0.2, -0.15) is 0 Å². The fraction of sp³-hybridized carbons (Fsp3) is 0.211. The number of nitrogens with zero attached hydrogens (tertiary/aromatic N) is 1. The molecule has 0 radical (unpaired) electrons. The van der Waals surface area contributed by atoms with Gasteiger partial charge < -0.3 is 16.0 Å². The number of anilines is 1. The molecule has 3 aromatic rings. The van der Waals surface area contributed by atoms with Crippen molar-refractivity contribution in [1.29, 1.82) is 0 Å². The van der Waals surface area contributed by atoms with Crippen molar-refractivity contribution in [2.75, 3.05) is 11.9 Å². The number of hydrogen-bond donors (Lipinski definition) is 3. The van der Waals surface area contributed by atoms with Crippen molar-refractivity contribution in [1.82, 2.24) is 4.98 Å². The van der Waals surface area contributed by atoms with Gasteiger partial charge in [-0.25, -0.2) is 4.39 Å². The second kappa shape index (κ2) is 8.33. The lowest BCUT2D eigenvalue weighted by molar-refractivity contribution is 0.629. The first-order chi connectivity index (χ1) is 11.5. The summed E-state index contributed by atoms with van der Waals surface area (Å²) < 4.78 is 13.2. The molecule has 0 aliphatic carbocycles. The van der Waals surface area contributed by atoms with E-state index < -0.39 is 0 Å². The van der Waals surface area contributed by atoms with Gasteiger partial charge in [0.25, 0.3) is 0 Å². The molecular formula is C19H22FIN4. The molecule has 0 aliphatic rings. The third-order valence-corrected chi connectivity index (χ3v) is 3.89. The maximum absolute atomic E-state index is 13.2. The van der Waals surface area contributed by atoms with Crippen LogP contribution in [0.3, 0.4) is 0 Å². The molecule has 0 atom stereocenters. The fourth-order valence-corrected chi connectivity index (χ4v) is 2.90. The molecule has 0 saturated heterocycles. The van der Waals surface area contributed by atoms with Gasteiger partial charge in [-0.15, -0.1) is 24.0 Å². The first kappa shape index (κ1) is 19.2. The van der Waals surface area contributed by atoms with Gasteiger partial charge in [0.15, 0.2) is 5.96 Å². The van der Waals surface area contributed by atoms with E-state index in [2.05, 4.69) is 21.4 Å². The number of H-pyrrole nitrogens is 1. The number of rotatable bonds is 4. The molecule has 132 valence electrons. The largest absolute Gasteiger partial charge is 0.370 e.